The maximum atomic E-state index is 13.4. The number of rotatable bonds is 2. The van der Waals surface area contributed by atoms with E-state index in [4.69, 9.17) is 0 Å². The van der Waals surface area contributed by atoms with Crippen molar-refractivity contribution in [2.75, 3.05) is 0 Å². The van der Waals surface area contributed by atoms with Gasteiger partial charge in [0.25, 0.3) is 0 Å². The summed E-state index contributed by atoms with van der Waals surface area (Å²) in [5, 5.41) is 10.1. The Hall–Kier alpha value is -1.56. The summed E-state index contributed by atoms with van der Waals surface area (Å²) in [5.74, 6) is 0.595. The van der Waals surface area contributed by atoms with Crippen LogP contribution in [0.25, 0.3) is 11.0 Å². The summed E-state index contributed by atoms with van der Waals surface area (Å²) < 4.78 is 42.1. The van der Waals surface area contributed by atoms with Crippen LogP contribution in [0.4, 0.5) is 13.2 Å². The van der Waals surface area contributed by atoms with E-state index in [9.17, 15) is 18.3 Å². The second kappa shape index (κ2) is 4.72. The number of benzene rings is 1. The molecular weight excluding hydrogens is 293 g/mol. The monoisotopic (exact) mass is 312 g/mol. The molecule has 1 aliphatic carbocycles. The van der Waals surface area contributed by atoms with Gasteiger partial charge in [0.2, 0.25) is 0 Å². The molecule has 0 bridgehead atoms. The molecule has 1 aromatic carbocycles. The van der Waals surface area contributed by atoms with Gasteiger partial charge in [-0.3, -0.25) is 0 Å². The summed E-state index contributed by atoms with van der Waals surface area (Å²) >= 11 is 0. The second-order valence-corrected chi connectivity index (χ2v) is 6.56. The third-order valence-corrected chi connectivity index (χ3v) is 4.42. The number of aliphatic hydroxyl groups is 1. The van der Waals surface area contributed by atoms with Gasteiger partial charge in [-0.1, -0.05) is 0 Å². The fourth-order valence-electron chi connectivity index (χ4n) is 2.99. The average Bonchev–Trinajstić information content (AvgIpc) is 2.61. The highest BCUT2D eigenvalue weighted by Gasteiger charge is 2.37. The summed E-state index contributed by atoms with van der Waals surface area (Å²) in [6.07, 6.45) is -1.49. The van der Waals surface area contributed by atoms with E-state index in [-0.39, 0.29) is 17.1 Å². The van der Waals surface area contributed by atoms with Crippen LogP contribution in [-0.2, 0) is 11.8 Å². The molecule has 1 aromatic heterocycles. The van der Waals surface area contributed by atoms with Crippen molar-refractivity contribution in [1.82, 2.24) is 9.55 Å². The summed E-state index contributed by atoms with van der Waals surface area (Å²) in [6, 6.07) is 2.87. The Labute approximate surface area is 126 Å². The number of alkyl halides is 3. The number of aryl methyl sites for hydroxylation is 1. The summed E-state index contributed by atoms with van der Waals surface area (Å²) in [6.45, 7) is 4.72. The predicted octanol–water partition coefficient (Wildman–Crippen LogP) is 4.32. The van der Waals surface area contributed by atoms with Crippen molar-refractivity contribution in [3.05, 3.63) is 29.1 Å². The van der Waals surface area contributed by atoms with Crippen molar-refractivity contribution in [3.8, 4) is 0 Å². The lowest BCUT2D eigenvalue weighted by molar-refractivity contribution is -0.136. The Bertz CT molecular complexity index is 722. The van der Waals surface area contributed by atoms with Crippen molar-refractivity contribution in [2.24, 2.45) is 0 Å². The molecule has 3 nitrogen and oxygen atoms in total. The van der Waals surface area contributed by atoms with E-state index in [1.54, 1.807) is 13.0 Å². The fourth-order valence-corrected chi connectivity index (χ4v) is 2.99. The minimum absolute atomic E-state index is 0.0232. The van der Waals surface area contributed by atoms with Gasteiger partial charge in [0.15, 0.2) is 0 Å². The van der Waals surface area contributed by atoms with Crippen molar-refractivity contribution in [2.45, 2.75) is 57.9 Å². The number of nitrogens with zero attached hydrogens (tertiary/aromatic N) is 2. The summed E-state index contributed by atoms with van der Waals surface area (Å²) in [4.78, 5) is 4.17. The Morgan fingerprint density at radius 3 is 2.32 bits per heavy atom. The summed E-state index contributed by atoms with van der Waals surface area (Å²) in [7, 11) is 0. The number of hydrogen-bond acceptors (Lipinski definition) is 2. The van der Waals surface area contributed by atoms with Gasteiger partial charge in [-0.15, -0.1) is 0 Å². The van der Waals surface area contributed by atoms with E-state index in [1.165, 1.54) is 13.8 Å². The Balaban J connectivity index is 2.33. The first kappa shape index (κ1) is 15.3. The third-order valence-electron chi connectivity index (χ3n) is 4.42. The number of aromatic nitrogens is 2. The molecule has 1 N–H and O–H groups in total. The third kappa shape index (κ3) is 2.39. The van der Waals surface area contributed by atoms with Gasteiger partial charge >= 0.3 is 6.18 Å². The van der Waals surface area contributed by atoms with Crippen LogP contribution in [0.2, 0.25) is 0 Å². The van der Waals surface area contributed by atoms with Crippen LogP contribution in [0.15, 0.2) is 12.1 Å². The van der Waals surface area contributed by atoms with Gasteiger partial charge in [-0.2, -0.15) is 13.2 Å². The minimum atomic E-state index is -4.50. The molecule has 1 fully saturated rings. The Kier molecular flexibility index (Phi) is 3.29. The SMILES string of the molecule is Cc1nc2c(C(F)(F)F)cc(C(C)(C)O)cc2n1C1CCC1. The van der Waals surface area contributed by atoms with E-state index in [0.717, 1.165) is 25.3 Å². The van der Waals surface area contributed by atoms with Crippen LogP contribution in [0.1, 0.15) is 56.1 Å². The molecule has 0 atom stereocenters. The quantitative estimate of drug-likeness (QED) is 0.897. The molecule has 6 heteroatoms. The standard InChI is InChI=1S/C16H19F3N2O/c1-9-20-14-12(16(17,18)19)7-10(15(2,3)22)8-13(14)21(9)11-5-4-6-11/h7-8,11,22H,4-6H2,1-3H3. The van der Waals surface area contributed by atoms with Gasteiger partial charge in [0.1, 0.15) is 11.3 Å². The number of fused-ring (bicyclic) bond motifs is 1. The molecule has 3 rings (SSSR count). The minimum Gasteiger partial charge on any atom is -0.386 e. The molecule has 0 unspecified atom stereocenters. The van der Waals surface area contributed by atoms with Gasteiger partial charge < -0.3 is 9.67 Å². The maximum absolute atomic E-state index is 13.4. The highest BCUT2D eigenvalue weighted by molar-refractivity contribution is 5.82. The van der Waals surface area contributed by atoms with E-state index in [1.807, 2.05) is 4.57 Å². The molecule has 22 heavy (non-hydrogen) atoms. The highest BCUT2D eigenvalue weighted by Crippen LogP contribution is 2.41. The van der Waals surface area contributed by atoms with Crippen molar-refractivity contribution >= 4 is 11.0 Å². The van der Waals surface area contributed by atoms with Crippen LogP contribution in [0, 0.1) is 6.92 Å². The lowest BCUT2D eigenvalue weighted by Crippen LogP contribution is -2.20. The van der Waals surface area contributed by atoms with E-state index >= 15 is 0 Å². The summed E-state index contributed by atoms with van der Waals surface area (Å²) in [5.41, 5.74) is -1.41. The van der Waals surface area contributed by atoms with E-state index in [0.29, 0.717) is 11.3 Å². The molecule has 0 radical (unpaired) electrons. The molecule has 0 amide bonds. The zero-order valence-electron chi connectivity index (χ0n) is 12.8. The van der Waals surface area contributed by atoms with Crippen molar-refractivity contribution in [3.63, 3.8) is 0 Å². The Morgan fingerprint density at radius 2 is 1.86 bits per heavy atom. The smallest absolute Gasteiger partial charge is 0.386 e. The molecular formula is C16H19F3N2O. The van der Waals surface area contributed by atoms with Crippen LogP contribution in [0.5, 0.6) is 0 Å². The van der Waals surface area contributed by atoms with Crippen LogP contribution in [-0.4, -0.2) is 14.7 Å². The molecule has 0 saturated heterocycles. The van der Waals surface area contributed by atoms with Gasteiger partial charge in [-0.25, -0.2) is 4.98 Å². The second-order valence-electron chi connectivity index (χ2n) is 6.56. The largest absolute Gasteiger partial charge is 0.418 e. The van der Waals surface area contributed by atoms with Crippen LogP contribution in [0.3, 0.4) is 0 Å². The lowest BCUT2D eigenvalue weighted by atomic mass is 9.91. The van der Waals surface area contributed by atoms with Gasteiger partial charge in [-0.05, 0) is 57.7 Å². The predicted molar refractivity (Wildman–Crippen MR) is 77.6 cm³/mol. The lowest BCUT2D eigenvalue weighted by Gasteiger charge is -2.29. The molecule has 1 heterocycles. The van der Waals surface area contributed by atoms with E-state index in [2.05, 4.69) is 4.98 Å². The van der Waals surface area contributed by atoms with E-state index < -0.39 is 17.3 Å². The zero-order chi connectivity index (χ0) is 16.3. The zero-order valence-corrected chi connectivity index (χ0v) is 12.8. The molecule has 1 saturated carbocycles. The molecule has 0 spiro atoms. The first-order chi connectivity index (χ1) is 10.1. The molecule has 2 aromatic rings. The molecule has 120 valence electrons. The first-order valence-corrected chi connectivity index (χ1v) is 7.41. The van der Waals surface area contributed by atoms with Crippen molar-refractivity contribution < 1.29 is 18.3 Å². The molecule has 0 aliphatic heterocycles. The van der Waals surface area contributed by atoms with Gasteiger partial charge in [0.05, 0.1) is 16.7 Å². The fraction of sp³-hybridized carbons (Fsp3) is 0.562. The van der Waals surface area contributed by atoms with Gasteiger partial charge in [0, 0.05) is 6.04 Å². The van der Waals surface area contributed by atoms with Crippen LogP contribution >= 0.6 is 0 Å². The first-order valence-electron chi connectivity index (χ1n) is 7.41. The number of imidazole rings is 1. The Morgan fingerprint density at radius 1 is 1.23 bits per heavy atom. The average molecular weight is 312 g/mol. The van der Waals surface area contributed by atoms with Crippen LogP contribution < -0.4 is 0 Å². The van der Waals surface area contributed by atoms with Crippen molar-refractivity contribution in [1.29, 1.82) is 0 Å². The topological polar surface area (TPSA) is 38.1 Å². The molecule has 1 aliphatic rings. The normalized spacial score (nSPS) is 17.0. The number of hydrogen-bond donors (Lipinski definition) is 1. The maximum Gasteiger partial charge on any atom is 0.418 e. The highest BCUT2D eigenvalue weighted by atomic mass is 19.4. The number of halogens is 3.